The Balaban J connectivity index is 1.44. The first-order valence-electron chi connectivity index (χ1n) is 9.95. The Labute approximate surface area is 175 Å². The minimum Gasteiger partial charge on any atom is -0.348 e. The monoisotopic (exact) mass is 404 g/mol. The molecule has 0 aliphatic carbocycles. The van der Waals surface area contributed by atoms with Crippen LogP contribution in [0.2, 0.25) is 0 Å². The van der Waals surface area contributed by atoms with E-state index in [1.54, 1.807) is 0 Å². The summed E-state index contributed by atoms with van der Waals surface area (Å²) in [4.78, 5) is 28.4. The van der Waals surface area contributed by atoms with E-state index in [0.29, 0.717) is 13.1 Å². The van der Waals surface area contributed by atoms with Gasteiger partial charge in [-0.2, -0.15) is 0 Å². The molecule has 148 valence electrons. The van der Waals surface area contributed by atoms with Crippen LogP contribution in [-0.4, -0.2) is 35.8 Å². The zero-order chi connectivity index (χ0) is 20.1. The summed E-state index contributed by atoms with van der Waals surface area (Å²) < 4.78 is 0. The van der Waals surface area contributed by atoms with E-state index in [1.165, 1.54) is 11.3 Å². The first-order valence-corrected chi connectivity index (χ1v) is 10.8. The van der Waals surface area contributed by atoms with Crippen molar-refractivity contribution in [2.75, 3.05) is 13.1 Å². The first kappa shape index (κ1) is 19.4. The molecule has 1 saturated heterocycles. The Bertz CT molecular complexity index is 894. The van der Waals surface area contributed by atoms with Gasteiger partial charge in [-0.3, -0.25) is 9.59 Å². The normalized spacial score (nSPS) is 14.7. The highest BCUT2D eigenvalue weighted by molar-refractivity contribution is 7.12. The molecule has 0 radical (unpaired) electrons. The van der Waals surface area contributed by atoms with E-state index in [0.717, 1.165) is 28.8 Å². The van der Waals surface area contributed by atoms with Crippen LogP contribution < -0.4 is 5.32 Å². The largest absolute Gasteiger partial charge is 0.348 e. The minimum atomic E-state index is -0.297. The summed E-state index contributed by atoms with van der Waals surface area (Å²) in [7, 11) is 0. The van der Waals surface area contributed by atoms with Crippen molar-refractivity contribution in [1.82, 2.24) is 10.2 Å². The molecule has 3 aromatic rings. The Morgan fingerprint density at radius 1 is 0.862 bits per heavy atom. The summed E-state index contributed by atoms with van der Waals surface area (Å²) in [5, 5.41) is 5.01. The van der Waals surface area contributed by atoms with Crippen LogP contribution in [-0.2, 0) is 4.79 Å². The molecule has 1 aliphatic rings. The van der Waals surface area contributed by atoms with Gasteiger partial charge in [0.1, 0.15) is 0 Å². The van der Waals surface area contributed by atoms with Crippen molar-refractivity contribution in [3.63, 3.8) is 0 Å². The second kappa shape index (κ2) is 9.05. The Morgan fingerprint density at radius 3 is 1.97 bits per heavy atom. The van der Waals surface area contributed by atoms with Gasteiger partial charge in [0, 0.05) is 19.1 Å². The summed E-state index contributed by atoms with van der Waals surface area (Å²) in [6.45, 7) is 1.31. The Morgan fingerprint density at radius 2 is 1.45 bits per heavy atom. The maximum Gasteiger partial charge on any atom is 0.261 e. The standard InChI is InChI=1S/C24H24N2O2S/c27-23(21-12-7-17-29-21)25-20-13-15-26(16-14-20)24(28)22(18-8-3-1-4-9-18)19-10-5-2-6-11-19/h1-12,17,20,22H,13-16H2,(H,25,27). The number of rotatable bonds is 5. The molecule has 2 amide bonds. The van der Waals surface area contributed by atoms with E-state index in [2.05, 4.69) is 5.32 Å². The van der Waals surface area contributed by atoms with Gasteiger partial charge in [-0.1, -0.05) is 66.7 Å². The molecule has 5 heteroatoms. The summed E-state index contributed by atoms with van der Waals surface area (Å²) >= 11 is 1.45. The van der Waals surface area contributed by atoms with Gasteiger partial charge in [0.25, 0.3) is 5.91 Å². The summed E-state index contributed by atoms with van der Waals surface area (Å²) in [5.74, 6) is -0.184. The average Bonchev–Trinajstić information content (AvgIpc) is 3.31. The van der Waals surface area contributed by atoms with Gasteiger partial charge in [0.15, 0.2) is 0 Å². The third-order valence-corrected chi connectivity index (χ3v) is 6.27. The van der Waals surface area contributed by atoms with Crippen LogP contribution in [0.3, 0.4) is 0 Å². The van der Waals surface area contributed by atoms with Gasteiger partial charge in [0.05, 0.1) is 10.8 Å². The topological polar surface area (TPSA) is 49.4 Å². The molecular formula is C24H24N2O2S. The van der Waals surface area contributed by atoms with Crippen LogP contribution in [0.1, 0.15) is 39.6 Å². The third kappa shape index (κ3) is 4.57. The van der Waals surface area contributed by atoms with Crippen molar-refractivity contribution >= 4 is 23.2 Å². The van der Waals surface area contributed by atoms with E-state index in [4.69, 9.17) is 0 Å². The zero-order valence-electron chi connectivity index (χ0n) is 16.2. The highest BCUT2D eigenvalue weighted by atomic mass is 32.1. The summed E-state index contributed by atoms with van der Waals surface area (Å²) in [5.41, 5.74) is 2.02. The van der Waals surface area contributed by atoms with Crippen molar-refractivity contribution in [3.05, 3.63) is 94.2 Å². The molecule has 1 aliphatic heterocycles. The lowest BCUT2D eigenvalue weighted by molar-refractivity contribution is -0.132. The molecule has 0 spiro atoms. The number of nitrogens with one attached hydrogen (secondary N) is 1. The minimum absolute atomic E-state index is 0.0174. The predicted octanol–water partition coefficient (Wildman–Crippen LogP) is 4.30. The number of likely N-dealkylation sites (tertiary alicyclic amines) is 1. The van der Waals surface area contributed by atoms with Crippen molar-refractivity contribution in [3.8, 4) is 0 Å². The second-order valence-electron chi connectivity index (χ2n) is 7.30. The lowest BCUT2D eigenvalue weighted by atomic mass is 9.89. The van der Waals surface area contributed by atoms with Crippen LogP contribution >= 0.6 is 11.3 Å². The first-order chi connectivity index (χ1) is 14.2. The molecule has 0 bridgehead atoms. The van der Waals surface area contributed by atoms with Gasteiger partial charge in [0.2, 0.25) is 5.91 Å². The van der Waals surface area contributed by atoms with Crippen LogP contribution in [0.15, 0.2) is 78.2 Å². The smallest absolute Gasteiger partial charge is 0.261 e. The summed E-state index contributed by atoms with van der Waals surface area (Å²) in [6, 6.07) is 23.7. The molecule has 1 N–H and O–H groups in total. The number of amides is 2. The lowest BCUT2D eigenvalue weighted by Crippen LogP contribution is -2.47. The third-order valence-electron chi connectivity index (χ3n) is 5.40. The second-order valence-corrected chi connectivity index (χ2v) is 8.25. The number of benzene rings is 2. The van der Waals surface area contributed by atoms with Crippen LogP contribution in [0.5, 0.6) is 0 Å². The Hall–Kier alpha value is -2.92. The molecule has 0 unspecified atom stereocenters. The van der Waals surface area contributed by atoms with Crippen LogP contribution in [0.4, 0.5) is 0 Å². The Kier molecular flexibility index (Phi) is 6.06. The molecule has 2 heterocycles. The summed E-state index contributed by atoms with van der Waals surface area (Å²) in [6.07, 6.45) is 1.55. The number of piperidine rings is 1. The molecule has 0 saturated carbocycles. The molecule has 2 aromatic carbocycles. The van der Waals surface area contributed by atoms with Crippen molar-refractivity contribution < 1.29 is 9.59 Å². The van der Waals surface area contributed by atoms with Crippen molar-refractivity contribution in [2.24, 2.45) is 0 Å². The molecule has 29 heavy (non-hydrogen) atoms. The van der Waals surface area contributed by atoms with E-state index in [9.17, 15) is 9.59 Å². The number of carbonyl (C=O) groups excluding carboxylic acids is 2. The van der Waals surface area contributed by atoms with E-state index >= 15 is 0 Å². The molecule has 1 fully saturated rings. The maximum atomic E-state index is 13.5. The van der Waals surface area contributed by atoms with Gasteiger partial charge in [-0.25, -0.2) is 0 Å². The fourth-order valence-electron chi connectivity index (χ4n) is 3.86. The van der Waals surface area contributed by atoms with Gasteiger partial charge in [-0.15, -0.1) is 11.3 Å². The molecule has 0 atom stereocenters. The average molecular weight is 405 g/mol. The van der Waals surface area contributed by atoms with Gasteiger partial charge in [-0.05, 0) is 35.4 Å². The van der Waals surface area contributed by atoms with Crippen molar-refractivity contribution in [2.45, 2.75) is 24.8 Å². The highest BCUT2D eigenvalue weighted by Crippen LogP contribution is 2.28. The zero-order valence-corrected chi connectivity index (χ0v) is 17.0. The maximum absolute atomic E-state index is 13.5. The van der Waals surface area contributed by atoms with E-state index in [1.807, 2.05) is 83.1 Å². The van der Waals surface area contributed by atoms with Crippen molar-refractivity contribution in [1.29, 1.82) is 0 Å². The SMILES string of the molecule is O=C(NC1CCN(C(=O)C(c2ccccc2)c2ccccc2)CC1)c1cccs1. The quantitative estimate of drug-likeness (QED) is 0.689. The number of hydrogen-bond acceptors (Lipinski definition) is 3. The van der Waals surface area contributed by atoms with Gasteiger partial charge < -0.3 is 10.2 Å². The highest BCUT2D eigenvalue weighted by Gasteiger charge is 2.30. The number of nitrogens with zero attached hydrogens (tertiary/aromatic N) is 1. The fraction of sp³-hybridized carbons (Fsp3) is 0.250. The molecular weight excluding hydrogens is 380 g/mol. The van der Waals surface area contributed by atoms with E-state index < -0.39 is 0 Å². The van der Waals surface area contributed by atoms with E-state index in [-0.39, 0.29) is 23.8 Å². The lowest BCUT2D eigenvalue weighted by Gasteiger charge is -2.34. The van der Waals surface area contributed by atoms with Crippen LogP contribution in [0.25, 0.3) is 0 Å². The number of thiophene rings is 1. The number of carbonyl (C=O) groups is 2. The van der Waals surface area contributed by atoms with Gasteiger partial charge >= 0.3 is 0 Å². The molecule has 4 rings (SSSR count). The molecule has 4 nitrogen and oxygen atoms in total. The van der Waals surface area contributed by atoms with Crippen LogP contribution in [0, 0.1) is 0 Å². The fourth-order valence-corrected chi connectivity index (χ4v) is 4.49. The predicted molar refractivity (Wildman–Crippen MR) is 116 cm³/mol. The molecule has 1 aromatic heterocycles. The number of hydrogen-bond donors (Lipinski definition) is 1.